The minimum absolute atomic E-state index is 1.01. The minimum Gasteiger partial charge on any atom is -0.372 e. The molecule has 1 aromatic heterocycles. The molecule has 0 spiro atoms. The predicted octanol–water partition coefficient (Wildman–Crippen LogP) is 10.9. The van der Waals surface area contributed by atoms with Crippen LogP contribution in [0.15, 0.2) is 118 Å². The van der Waals surface area contributed by atoms with Crippen LogP contribution in [-0.4, -0.2) is 25.0 Å². The van der Waals surface area contributed by atoms with Crippen LogP contribution in [0.25, 0.3) is 37.7 Å². The highest BCUT2D eigenvalue weighted by Crippen LogP contribution is 2.49. The van der Waals surface area contributed by atoms with Crippen LogP contribution in [0, 0.1) is 6.92 Å². The number of aryl methyl sites for hydroxylation is 1. The van der Waals surface area contributed by atoms with E-state index in [2.05, 4.69) is 135 Å². The van der Waals surface area contributed by atoms with Crippen molar-refractivity contribution in [1.82, 2.24) is 4.90 Å². The van der Waals surface area contributed by atoms with Gasteiger partial charge in [0.15, 0.2) is 0 Å². The quantitative estimate of drug-likeness (QED) is 0.196. The summed E-state index contributed by atoms with van der Waals surface area (Å²) in [7, 11) is 2.19. The van der Waals surface area contributed by atoms with Crippen LogP contribution < -0.4 is 4.90 Å². The number of hydrogen-bond acceptors (Lipinski definition) is 4. The SMILES string of the molecule is CCN(CC)C1=C(/C=C/c2sc3c(ccc4ccccc43)c2C)CCC1=C/C=C1\Sc2c(ccc3ccccc23)N1C. The van der Waals surface area contributed by atoms with Crippen LogP contribution in [0.5, 0.6) is 0 Å². The summed E-state index contributed by atoms with van der Waals surface area (Å²) in [4.78, 5) is 7.60. The Morgan fingerprint density at radius 1 is 0.786 bits per heavy atom. The number of thiophene rings is 1. The van der Waals surface area contributed by atoms with E-state index in [1.165, 1.54) is 74.5 Å². The molecule has 1 aliphatic carbocycles. The molecule has 7 rings (SSSR count). The van der Waals surface area contributed by atoms with E-state index in [1.807, 2.05) is 23.1 Å². The first-order valence-electron chi connectivity index (χ1n) is 15.0. The Kier molecular flexibility index (Phi) is 7.21. The summed E-state index contributed by atoms with van der Waals surface area (Å²) in [5, 5.41) is 7.97. The smallest absolute Gasteiger partial charge is 0.0799 e. The maximum atomic E-state index is 2.54. The van der Waals surface area contributed by atoms with Gasteiger partial charge < -0.3 is 9.80 Å². The van der Waals surface area contributed by atoms with Crippen molar-refractivity contribution >= 4 is 66.5 Å². The van der Waals surface area contributed by atoms with Crippen molar-refractivity contribution in [1.29, 1.82) is 0 Å². The lowest BCUT2D eigenvalue weighted by molar-refractivity contribution is 0.389. The van der Waals surface area contributed by atoms with Gasteiger partial charge in [-0.25, -0.2) is 0 Å². The van der Waals surface area contributed by atoms with Gasteiger partial charge in [0.25, 0.3) is 0 Å². The topological polar surface area (TPSA) is 6.48 Å². The molecule has 0 bridgehead atoms. The van der Waals surface area contributed by atoms with Crippen LogP contribution in [0.1, 0.15) is 37.1 Å². The highest BCUT2D eigenvalue weighted by molar-refractivity contribution is 8.04. The molecule has 42 heavy (non-hydrogen) atoms. The molecule has 0 saturated heterocycles. The fraction of sp³-hybridized carbons (Fsp3) is 0.211. The van der Waals surface area contributed by atoms with Gasteiger partial charge in [0.1, 0.15) is 0 Å². The lowest BCUT2D eigenvalue weighted by Gasteiger charge is -2.25. The Labute approximate surface area is 257 Å². The van der Waals surface area contributed by atoms with E-state index in [0.29, 0.717) is 0 Å². The van der Waals surface area contributed by atoms with E-state index in [-0.39, 0.29) is 0 Å². The summed E-state index contributed by atoms with van der Waals surface area (Å²) in [6, 6.07) is 26.5. The first-order chi connectivity index (χ1) is 20.6. The molecule has 0 radical (unpaired) electrons. The van der Waals surface area contributed by atoms with Gasteiger partial charge in [0.2, 0.25) is 0 Å². The number of allylic oxidation sites excluding steroid dienone is 5. The third kappa shape index (κ3) is 4.58. The number of rotatable bonds is 6. The largest absolute Gasteiger partial charge is 0.372 e. The molecular weight excluding hydrogens is 549 g/mol. The first kappa shape index (κ1) is 27.1. The summed E-state index contributed by atoms with van der Waals surface area (Å²) in [6.07, 6.45) is 11.7. The molecule has 0 amide bonds. The number of thioether (sulfide) groups is 1. The van der Waals surface area contributed by atoms with Crippen LogP contribution in [-0.2, 0) is 0 Å². The second kappa shape index (κ2) is 11.2. The van der Waals surface area contributed by atoms with Crippen molar-refractivity contribution in [2.45, 2.75) is 38.5 Å². The lowest BCUT2D eigenvalue weighted by Crippen LogP contribution is -2.23. The fourth-order valence-electron chi connectivity index (χ4n) is 6.50. The fourth-order valence-corrected chi connectivity index (χ4v) is 8.93. The summed E-state index contributed by atoms with van der Waals surface area (Å²) in [6.45, 7) is 8.84. The zero-order chi connectivity index (χ0) is 28.8. The zero-order valence-corrected chi connectivity index (χ0v) is 26.4. The van der Waals surface area contributed by atoms with Crippen LogP contribution in [0.4, 0.5) is 5.69 Å². The first-order valence-corrected chi connectivity index (χ1v) is 16.6. The molecule has 2 heterocycles. The molecule has 0 fully saturated rings. The van der Waals surface area contributed by atoms with Gasteiger partial charge in [-0.05, 0) is 95.5 Å². The van der Waals surface area contributed by atoms with Gasteiger partial charge in [-0.2, -0.15) is 0 Å². The number of benzene rings is 4. The monoisotopic (exact) mass is 584 g/mol. The number of fused-ring (bicyclic) bond motifs is 6. The Hall–Kier alpha value is -3.73. The minimum atomic E-state index is 1.01. The molecule has 5 aromatic rings. The van der Waals surface area contributed by atoms with E-state index in [1.54, 1.807) is 0 Å². The van der Waals surface area contributed by atoms with Crippen molar-refractivity contribution in [3.05, 3.63) is 123 Å². The molecule has 4 aromatic carbocycles. The lowest BCUT2D eigenvalue weighted by atomic mass is 10.1. The Morgan fingerprint density at radius 2 is 1.50 bits per heavy atom. The van der Waals surface area contributed by atoms with Gasteiger partial charge >= 0.3 is 0 Å². The van der Waals surface area contributed by atoms with Gasteiger partial charge in [-0.1, -0.05) is 90.6 Å². The molecule has 4 heteroatoms. The average molecular weight is 585 g/mol. The maximum Gasteiger partial charge on any atom is 0.0799 e. The van der Waals surface area contributed by atoms with Crippen LogP contribution in [0.3, 0.4) is 0 Å². The van der Waals surface area contributed by atoms with Crippen LogP contribution >= 0.6 is 23.1 Å². The Balaban J connectivity index is 1.23. The van der Waals surface area contributed by atoms with Gasteiger partial charge in [-0.3, -0.25) is 0 Å². The van der Waals surface area contributed by atoms with Gasteiger partial charge in [-0.15, -0.1) is 11.3 Å². The summed E-state index contributed by atoms with van der Waals surface area (Å²) >= 11 is 3.82. The molecule has 1 aliphatic heterocycles. The van der Waals surface area contributed by atoms with E-state index >= 15 is 0 Å². The molecular formula is C38H36N2S2. The van der Waals surface area contributed by atoms with Gasteiger partial charge in [0.05, 0.1) is 10.7 Å². The molecule has 0 unspecified atom stereocenters. The molecule has 2 aliphatic rings. The highest BCUT2D eigenvalue weighted by atomic mass is 32.2. The number of nitrogens with zero attached hydrogens (tertiary/aromatic N) is 2. The summed E-state index contributed by atoms with van der Waals surface area (Å²) < 4.78 is 1.40. The van der Waals surface area contributed by atoms with Crippen molar-refractivity contribution in [2.75, 3.05) is 25.0 Å². The van der Waals surface area contributed by atoms with E-state index in [0.717, 1.165) is 25.9 Å². The van der Waals surface area contributed by atoms with E-state index in [9.17, 15) is 0 Å². The van der Waals surface area contributed by atoms with Gasteiger partial charge in [0, 0.05) is 40.3 Å². The third-order valence-corrected chi connectivity index (χ3v) is 11.4. The highest BCUT2D eigenvalue weighted by Gasteiger charge is 2.25. The Bertz CT molecular complexity index is 1970. The molecule has 0 saturated carbocycles. The number of hydrogen-bond donors (Lipinski definition) is 0. The molecule has 0 atom stereocenters. The van der Waals surface area contributed by atoms with Crippen molar-refractivity contribution < 1.29 is 0 Å². The number of anilines is 1. The Morgan fingerprint density at radius 3 is 2.29 bits per heavy atom. The van der Waals surface area contributed by atoms with E-state index < -0.39 is 0 Å². The number of likely N-dealkylation sites (N-methyl/N-ethyl adjacent to an activating group) is 1. The summed E-state index contributed by atoms with van der Waals surface area (Å²) in [5.41, 5.74) is 7.00. The normalized spacial score (nSPS) is 17.3. The van der Waals surface area contributed by atoms with Crippen molar-refractivity contribution in [2.24, 2.45) is 0 Å². The third-order valence-electron chi connectivity index (χ3n) is 8.84. The molecule has 210 valence electrons. The summed E-state index contributed by atoms with van der Waals surface area (Å²) in [5.74, 6) is 0. The van der Waals surface area contributed by atoms with E-state index in [4.69, 9.17) is 0 Å². The predicted molar refractivity (Wildman–Crippen MR) is 187 cm³/mol. The standard InChI is InChI=1S/C38H36N2S2/c1-5-40(6-2)36-28(19-23-34-25(3)30-21-17-26-11-7-9-13-31(26)37(30)41-34)15-16-29(36)20-24-35-39(4)33-22-18-27-12-8-10-14-32(27)38(33)42-35/h7-14,17-24H,5-6,15-16H2,1-4H3/b23-19+,29-20?,35-24-. The molecule has 2 nitrogen and oxygen atoms in total. The maximum absolute atomic E-state index is 2.54. The van der Waals surface area contributed by atoms with Crippen molar-refractivity contribution in [3.63, 3.8) is 0 Å². The molecule has 0 N–H and O–H groups in total. The second-order valence-corrected chi connectivity index (χ2v) is 13.2. The van der Waals surface area contributed by atoms with Crippen molar-refractivity contribution in [3.8, 4) is 0 Å². The second-order valence-electron chi connectivity index (χ2n) is 11.1. The van der Waals surface area contributed by atoms with Crippen LogP contribution in [0.2, 0.25) is 0 Å². The average Bonchev–Trinajstić information content (AvgIpc) is 3.69. The zero-order valence-electron chi connectivity index (χ0n) is 24.8.